The third-order valence-electron chi connectivity index (χ3n) is 2.75. The SMILES string of the molecule is CCCCOCCCNC(=O)c1ccc(SC)cc1. The Morgan fingerprint density at radius 3 is 2.53 bits per heavy atom. The lowest BCUT2D eigenvalue weighted by molar-refractivity contribution is 0.0940. The number of hydrogen-bond acceptors (Lipinski definition) is 3. The molecule has 0 saturated carbocycles. The highest BCUT2D eigenvalue weighted by molar-refractivity contribution is 7.98. The minimum atomic E-state index is -0.0128. The Hall–Kier alpha value is -1.00. The molecule has 0 radical (unpaired) electrons. The molecule has 1 amide bonds. The molecule has 0 heterocycles. The molecule has 0 aliphatic heterocycles. The van der Waals surface area contributed by atoms with Gasteiger partial charge < -0.3 is 10.1 Å². The lowest BCUT2D eigenvalue weighted by atomic mass is 10.2. The highest BCUT2D eigenvalue weighted by Gasteiger charge is 2.04. The minimum Gasteiger partial charge on any atom is -0.381 e. The molecule has 0 atom stereocenters. The zero-order valence-corrected chi connectivity index (χ0v) is 12.6. The van der Waals surface area contributed by atoms with E-state index < -0.39 is 0 Å². The highest BCUT2D eigenvalue weighted by atomic mass is 32.2. The number of ether oxygens (including phenoxy) is 1. The maximum Gasteiger partial charge on any atom is 0.251 e. The van der Waals surface area contributed by atoms with Crippen molar-refractivity contribution in [3.8, 4) is 0 Å². The Morgan fingerprint density at radius 1 is 1.21 bits per heavy atom. The predicted molar refractivity (Wildman–Crippen MR) is 80.9 cm³/mol. The van der Waals surface area contributed by atoms with Crippen LogP contribution in [0.15, 0.2) is 29.2 Å². The van der Waals surface area contributed by atoms with E-state index in [0.29, 0.717) is 18.7 Å². The molecule has 0 aliphatic carbocycles. The normalized spacial score (nSPS) is 10.4. The van der Waals surface area contributed by atoms with E-state index in [1.807, 2.05) is 30.5 Å². The van der Waals surface area contributed by atoms with Gasteiger partial charge in [-0.25, -0.2) is 0 Å². The van der Waals surface area contributed by atoms with E-state index in [1.54, 1.807) is 11.8 Å². The Kier molecular flexibility index (Phi) is 8.34. The minimum absolute atomic E-state index is 0.0128. The summed E-state index contributed by atoms with van der Waals surface area (Å²) in [6.45, 7) is 4.34. The third kappa shape index (κ3) is 6.64. The van der Waals surface area contributed by atoms with Gasteiger partial charge in [-0.2, -0.15) is 0 Å². The number of rotatable bonds is 9. The van der Waals surface area contributed by atoms with Gasteiger partial charge in [0.15, 0.2) is 0 Å². The Bertz CT molecular complexity index is 365. The molecule has 1 aromatic carbocycles. The fraction of sp³-hybridized carbons (Fsp3) is 0.533. The highest BCUT2D eigenvalue weighted by Crippen LogP contribution is 2.14. The number of benzene rings is 1. The first-order chi connectivity index (χ1) is 9.27. The zero-order valence-electron chi connectivity index (χ0n) is 11.8. The van der Waals surface area contributed by atoms with Gasteiger partial charge in [0.25, 0.3) is 5.91 Å². The first kappa shape index (κ1) is 16.1. The lowest BCUT2D eigenvalue weighted by Gasteiger charge is -2.06. The van der Waals surface area contributed by atoms with E-state index in [0.717, 1.165) is 25.9 Å². The Labute approximate surface area is 120 Å². The van der Waals surface area contributed by atoms with Crippen LogP contribution in [0.4, 0.5) is 0 Å². The van der Waals surface area contributed by atoms with E-state index >= 15 is 0 Å². The van der Waals surface area contributed by atoms with Gasteiger partial charge in [0, 0.05) is 30.2 Å². The maximum atomic E-state index is 11.8. The average molecular weight is 281 g/mol. The third-order valence-corrected chi connectivity index (χ3v) is 3.49. The molecule has 19 heavy (non-hydrogen) atoms. The molecule has 0 unspecified atom stereocenters. The topological polar surface area (TPSA) is 38.3 Å². The smallest absolute Gasteiger partial charge is 0.251 e. The summed E-state index contributed by atoms with van der Waals surface area (Å²) < 4.78 is 5.44. The molecule has 0 aromatic heterocycles. The monoisotopic (exact) mass is 281 g/mol. The average Bonchev–Trinajstić information content (AvgIpc) is 2.46. The largest absolute Gasteiger partial charge is 0.381 e. The summed E-state index contributed by atoms with van der Waals surface area (Å²) in [5.74, 6) is -0.0128. The number of amides is 1. The first-order valence-electron chi connectivity index (χ1n) is 6.78. The number of thioether (sulfide) groups is 1. The maximum absolute atomic E-state index is 11.8. The van der Waals surface area contributed by atoms with Crippen LogP contribution in [0.5, 0.6) is 0 Å². The number of unbranched alkanes of at least 4 members (excludes halogenated alkanes) is 1. The Morgan fingerprint density at radius 2 is 1.89 bits per heavy atom. The van der Waals surface area contributed by atoms with Crippen molar-refractivity contribution < 1.29 is 9.53 Å². The summed E-state index contributed by atoms with van der Waals surface area (Å²) in [5.41, 5.74) is 0.713. The summed E-state index contributed by atoms with van der Waals surface area (Å²) in [6.07, 6.45) is 5.14. The fourth-order valence-electron chi connectivity index (χ4n) is 1.57. The van der Waals surface area contributed by atoms with Crippen LogP contribution in [0.2, 0.25) is 0 Å². The van der Waals surface area contributed by atoms with Gasteiger partial charge in [0.05, 0.1) is 0 Å². The van der Waals surface area contributed by atoms with Crippen LogP contribution in [-0.4, -0.2) is 31.9 Å². The van der Waals surface area contributed by atoms with E-state index in [1.165, 1.54) is 4.90 Å². The first-order valence-corrected chi connectivity index (χ1v) is 8.00. The van der Waals surface area contributed by atoms with Crippen molar-refractivity contribution in [1.82, 2.24) is 5.32 Å². The molecule has 4 heteroatoms. The number of nitrogens with one attached hydrogen (secondary N) is 1. The van der Waals surface area contributed by atoms with Crippen molar-refractivity contribution in [3.05, 3.63) is 29.8 Å². The second-order valence-corrected chi connectivity index (χ2v) is 5.18. The number of hydrogen-bond donors (Lipinski definition) is 1. The van der Waals surface area contributed by atoms with Crippen molar-refractivity contribution in [2.24, 2.45) is 0 Å². The summed E-state index contributed by atoms with van der Waals surface area (Å²) in [4.78, 5) is 13.0. The number of carbonyl (C=O) groups is 1. The van der Waals surface area contributed by atoms with Gasteiger partial charge in [-0.15, -0.1) is 11.8 Å². The summed E-state index contributed by atoms with van der Waals surface area (Å²) in [6, 6.07) is 7.65. The number of carbonyl (C=O) groups excluding carboxylic acids is 1. The summed E-state index contributed by atoms with van der Waals surface area (Å²) in [5, 5.41) is 2.90. The van der Waals surface area contributed by atoms with Crippen LogP contribution in [0.1, 0.15) is 36.5 Å². The van der Waals surface area contributed by atoms with Gasteiger partial charge in [-0.05, 0) is 43.4 Å². The molecule has 1 rings (SSSR count). The standard InChI is InChI=1S/C15H23NO2S/c1-3-4-11-18-12-5-10-16-15(17)13-6-8-14(19-2)9-7-13/h6-9H,3-5,10-12H2,1-2H3,(H,16,17). The molecule has 0 saturated heterocycles. The second-order valence-electron chi connectivity index (χ2n) is 4.30. The molecule has 1 N–H and O–H groups in total. The molecule has 0 aliphatic rings. The van der Waals surface area contributed by atoms with Gasteiger partial charge in [-0.3, -0.25) is 4.79 Å². The van der Waals surface area contributed by atoms with Crippen molar-refractivity contribution >= 4 is 17.7 Å². The molecule has 1 aromatic rings. The van der Waals surface area contributed by atoms with E-state index in [9.17, 15) is 4.79 Å². The second kappa shape index (κ2) is 9.87. The van der Waals surface area contributed by atoms with Crippen LogP contribution < -0.4 is 5.32 Å². The van der Waals surface area contributed by atoms with Gasteiger partial charge in [0.1, 0.15) is 0 Å². The molecule has 0 spiro atoms. The van der Waals surface area contributed by atoms with E-state index in [-0.39, 0.29) is 5.91 Å². The van der Waals surface area contributed by atoms with Crippen molar-refractivity contribution in [1.29, 1.82) is 0 Å². The fourth-order valence-corrected chi connectivity index (χ4v) is 1.98. The van der Waals surface area contributed by atoms with Crippen LogP contribution in [0.25, 0.3) is 0 Å². The van der Waals surface area contributed by atoms with Gasteiger partial charge in [0.2, 0.25) is 0 Å². The molecule has 106 valence electrons. The zero-order chi connectivity index (χ0) is 13.9. The van der Waals surface area contributed by atoms with Crippen LogP contribution in [0, 0.1) is 0 Å². The van der Waals surface area contributed by atoms with Crippen molar-refractivity contribution in [2.75, 3.05) is 26.0 Å². The van der Waals surface area contributed by atoms with Gasteiger partial charge in [-0.1, -0.05) is 13.3 Å². The van der Waals surface area contributed by atoms with E-state index in [4.69, 9.17) is 4.74 Å². The van der Waals surface area contributed by atoms with Gasteiger partial charge >= 0.3 is 0 Å². The van der Waals surface area contributed by atoms with Crippen LogP contribution in [-0.2, 0) is 4.74 Å². The van der Waals surface area contributed by atoms with Crippen molar-refractivity contribution in [2.45, 2.75) is 31.1 Å². The van der Waals surface area contributed by atoms with E-state index in [2.05, 4.69) is 12.2 Å². The van der Waals surface area contributed by atoms with Crippen LogP contribution >= 0.6 is 11.8 Å². The molecular formula is C15H23NO2S. The lowest BCUT2D eigenvalue weighted by Crippen LogP contribution is -2.25. The predicted octanol–water partition coefficient (Wildman–Crippen LogP) is 3.35. The Balaban J connectivity index is 2.16. The molecule has 3 nitrogen and oxygen atoms in total. The quantitative estimate of drug-likeness (QED) is 0.557. The molecular weight excluding hydrogens is 258 g/mol. The van der Waals surface area contributed by atoms with Crippen molar-refractivity contribution in [3.63, 3.8) is 0 Å². The summed E-state index contributed by atoms with van der Waals surface area (Å²) in [7, 11) is 0. The molecule has 0 bridgehead atoms. The summed E-state index contributed by atoms with van der Waals surface area (Å²) >= 11 is 1.67. The van der Waals surface area contributed by atoms with Crippen LogP contribution in [0.3, 0.4) is 0 Å². The molecule has 0 fully saturated rings.